The molecule has 3 aromatic carbocycles. The molecule has 1 unspecified atom stereocenters. The number of aliphatic hydroxyl groups is 1. The van der Waals surface area contributed by atoms with E-state index in [4.69, 9.17) is 27.9 Å². The van der Waals surface area contributed by atoms with Gasteiger partial charge in [0.05, 0.1) is 29.3 Å². The van der Waals surface area contributed by atoms with Gasteiger partial charge >= 0.3 is 0 Å². The number of para-hydroxylation sites is 1. The number of ketones is 1. The van der Waals surface area contributed by atoms with Gasteiger partial charge in [-0.05, 0) is 49.2 Å². The van der Waals surface area contributed by atoms with Crippen LogP contribution in [0.1, 0.15) is 35.3 Å². The minimum absolute atomic E-state index is 0.0749. The number of aromatic nitrogens is 1. The highest BCUT2D eigenvalue weighted by molar-refractivity contribution is 6.52. The second-order valence-electron chi connectivity index (χ2n) is 8.87. The minimum Gasteiger partial charge on any atom is -0.507 e. The standard InChI is InChI=1S/C29H24Cl2N2O4/c1-4-16-9-11-18(12-10-16)33-25(23-15(2)32-22-8-6-5-7-19(22)23)24(27(35)29(33)36)26(34)20-13-17(30)14-21(31)28(20)37-3/h5-14,25,32,34H,4H2,1-3H3/b26-24+. The molecule has 0 saturated carbocycles. The van der Waals surface area contributed by atoms with Crippen LogP contribution in [-0.4, -0.2) is 28.9 Å². The van der Waals surface area contributed by atoms with Crippen LogP contribution in [0.3, 0.4) is 0 Å². The van der Waals surface area contributed by atoms with E-state index >= 15 is 0 Å². The summed E-state index contributed by atoms with van der Waals surface area (Å²) < 4.78 is 5.43. The average molecular weight is 535 g/mol. The molecule has 5 rings (SSSR count). The van der Waals surface area contributed by atoms with E-state index in [9.17, 15) is 14.7 Å². The summed E-state index contributed by atoms with van der Waals surface area (Å²) in [7, 11) is 1.40. The van der Waals surface area contributed by atoms with E-state index in [0.717, 1.165) is 28.6 Å². The number of nitrogens with zero attached hydrogens (tertiary/aromatic N) is 1. The number of aryl methyl sites for hydroxylation is 2. The Morgan fingerprint density at radius 2 is 1.78 bits per heavy atom. The predicted molar refractivity (Wildman–Crippen MR) is 147 cm³/mol. The van der Waals surface area contributed by atoms with Crippen LogP contribution in [0.5, 0.6) is 5.75 Å². The predicted octanol–water partition coefficient (Wildman–Crippen LogP) is 6.98. The lowest BCUT2D eigenvalue weighted by atomic mass is 9.93. The largest absolute Gasteiger partial charge is 0.507 e. The zero-order valence-corrected chi connectivity index (χ0v) is 21.9. The van der Waals surface area contributed by atoms with Gasteiger partial charge in [-0.3, -0.25) is 14.5 Å². The summed E-state index contributed by atoms with van der Waals surface area (Å²) in [5.41, 5.74) is 4.03. The number of Topliss-reactive ketones (excluding diaryl/α,β-unsaturated/α-hetero) is 1. The Morgan fingerprint density at radius 1 is 1.08 bits per heavy atom. The van der Waals surface area contributed by atoms with Gasteiger partial charge in [0.25, 0.3) is 11.7 Å². The Kier molecular flexibility index (Phi) is 6.48. The fraction of sp³-hybridized carbons (Fsp3) is 0.172. The van der Waals surface area contributed by atoms with Crippen molar-refractivity contribution >= 4 is 57.2 Å². The molecular formula is C29H24Cl2N2O4. The number of methoxy groups -OCH3 is 1. The molecule has 8 heteroatoms. The Morgan fingerprint density at radius 3 is 2.46 bits per heavy atom. The molecule has 188 valence electrons. The van der Waals surface area contributed by atoms with Gasteiger partial charge in [0.1, 0.15) is 11.5 Å². The lowest BCUT2D eigenvalue weighted by molar-refractivity contribution is -0.132. The first-order valence-electron chi connectivity index (χ1n) is 11.8. The normalized spacial score (nSPS) is 17.1. The number of benzene rings is 3. The Balaban J connectivity index is 1.83. The minimum atomic E-state index is -0.911. The molecular weight excluding hydrogens is 511 g/mol. The van der Waals surface area contributed by atoms with Crippen molar-refractivity contribution in [3.8, 4) is 5.75 Å². The van der Waals surface area contributed by atoms with Gasteiger partial charge in [0.15, 0.2) is 0 Å². The number of aromatic amines is 1. The number of hydrogen-bond acceptors (Lipinski definition) is 4. The quantitative estimate of drug-likeness (QED) is 0.164. The summed E-state index contributed by atoms with van der Waals surface area (Å²) in [5.74, 6) is -1.82. The molecule has 6 nitrogen and oxygen atoms in total. The monoisotopic (exact) mass is 534 g/mol. The summed E-state index contributed by atoms with van der Waals surface area (Å²) in [5, 5.41) is 12.9. The number of H-pyrrole nitrogens is 1. The molecule has 1 aliphatic heterocycles. The molecule has 0 bridgehead atoms. The molecule has 2 N–H and O–H groups in total. The first-order chi connectivity index (χ1) is 17.8. The van der Waals surface area contributed by atoms with E-state index < -0.39 is 23.5 Å². The second kappa shape index (κ2) is 9.61. The molecule has 1 saturated heterocycles. The van der Waals surface area contributed by atoms with Crippen LogP contribution >= 0.6 is 23.2 Å². The van der Waals surface area contributed by atoms with Crippen molar-refractivity contribution in [3.63, 3.8) is 0 Å². The van der Waals surface area contributed by atoms with E-state index in [-0.39, 0.29) is 26.9 Å². The lowest BCUT2D eigenvalue weighted by Crippen LogP contribution is -2.29. The third-order valence-electron chi connectivity index (χ3n) is 6.75. The van der Waals surface area contributed by atoms with Crippen molar-refractivity contribution < 1.29 is 19.4 Å². The van der Waals surface area contributed by atoms with Crippen LogP contribution in [0.2, 0.25) is 10.0 Å². The van der Waals surface area contributed by atoms with Crippen molar-refractivity contribution in [2.45, 2.75) is 26.3 Å². The molecule has 0 aliphatic carbocycles. The Bertz CT molecular complexity index is 1590. The van der Waals surface area contributed by atoms with Gasteiger partial charge < -0.3 is 14.8 Å². The summed E-state index contributed by atoms with van der Waals surface area (Å²) >= 11 is 12.6. The molecule has 37 heavy (non-hydrogen) atoms. The average Bonchev–Trinajstić information content (AvgIpc) is 3.35. The van der Waals surface area contributed by atoms with Crippen LogP contribution in [-0.2, 0) is 16.0 Å². The van der Waals surface area contributed by atoms with Gasteiger partial charge in [-0.25, -0.2) is 0 Å². The van der Waals surface area contributed by atoms with Gasteiger partial charge in [0, 0.05) is 32.9 Å². The number of amides is 1. The maximum atomic E-state index is 13.6. The van der Waals surface area contributed by atoms with Crippen LogP contribution in [0, 0.1) is 6.92 Å². The lowest BCUT2D eigenvalue weighted by Gasteiger charge is -2.26. The highest BCUT2D eigenvalue weighted by atomic mass is 35.5. The second-order valence-corrected chi connectivity index (χ2v) is 9.71. The number of halogens is 2. The van der Waals surface area contributed by atoms with Crippen LogP contribution < -0.4 is 9.64 Å². The molecule has 0 spiro atoms. The summed E-state index contributed by atoms with van der Waals surface area (Å²) in [6.45, 7) is 3.92. The summed E-state index contributed by atoms with van der Waals surface area (Å²) in [6.07, 6.45) is 0.833. The highest BCUT2D eigenvalue weighted by Gasteiger charge is 2.48. The zero-order chi connectivity index (χ0) is 26.4. The third kappa shape index (κ3) is 4.06. The number of aliphatic hydroxyl groups excluding tert-OH is 1. The first-order valence-corrected chi connectivity index (χ1v) is 12.5. The fourth-order valence-electron chi connectivity index (χ4n) is 5.00. The number of rotatable bonds is 5. The van der Waals surface area contributed by atoms with E-state index in [1.807, 2.05) is 62.4 Å². The van der Waals surface area contributed by atoms with Gasteiger partial charge in [0.2, 0.25) is 0 Å². The Labute approximate surface area is 224 Å². The van der Waals surface area contributed by atoms with Crippen molar-refractivity contribution in [1.82, 2.24) is 4.98 Å². The highest BCUT2D eigenvalue weighted by Crippen LogP contribution is 2.47. The topological polar surface area (TPSA) is 82.6 Å². The number of nitrogens with one attached hydrogen (secondary N) is 1. The number of carbonyl (C=O) groups excluding carboxylic acids is 2. The summed E-state index contributed by atoms with van der Waals surface area (Å²) in [4.78, 5) is 32.0. The summed E-state index contributed by atoms with van der Waals surface area (Å²) in [6, 6.07) is 17.2. The number of hydrogen-bond donors (Lipinski definition) is 2. The maximum Gasteiger partial charge on any atom is 0.300 e. The molecule has 1 fully saturated rings. The number of carbonyl (C=O) groups is 2. The SMILES string of the molecule is CCc1ccc(N2C(=O)C(=O)/C(=C(/O)c3cc(Cl)cc(Cl)c3OC)C2c2c(C)[nH]c3ccccc23)cc1. The van der Waals surface area contributed by atoms with Crippen molar-refractivity contribution in [3.05, 3.63) is 98.7 Å². The van der Waals surface area contributed by atoms with E-state index in [1.165, 1.54) is 24.1 Å². The van der Waals surface area contributed by atoms with Crippen molar-refractivity contribution in [1.29, 1.82) is 0 Å². The van der Waals surface area contributed by atoms with Gasteiger partial charge in [-0.1, -0.05) is 60.5 Å². The van der Waals surface area contributed by atoms with Crippen molar-refractivity contribution in [2.24, 2.45) is 0 Å². The molecule has 1 atom stereocenters. The maximum absolute atomic E-state index is 13.6. The molecule has 1 aromatic heterocycles. The molecule has 0 radical (unpaired) electrons. The van der Waals surface area contributed by atoms with Crippen molar-refractivity contribution in [2.75, 3.05) is 12.0 Å². The first kappa shape index (κ1) is 24.9. The van der Waals surface area contributed by atoms with Crippen LogP contribution in [0.15, 0.2) is 66.2 Å². The number of fused-ring (bicyclic) bond motifs is 1. The smallest absolute Gasteiger partial charge is 0.300 e. The number of anilines is 1. The third-order valence-corrected chi connectivity index (χ3v) is 7.25. The van der Waals surface area contributed by atoms with Crippen LogP contribution in [0.4, 0.5) is 5.69 Å². The van der Waals surface area contributed by atoms with E-state index in [0.29, 0.717) is 11.3 Å². The van der Waals surface area contributed by atoms with E-state index in [2.05, 4.69) is 4.98 Å². The van der Waals surface area contributed by atoms with Gasteiger partial charge in [-0.2, -0.15) is 0 Å². The molecule has 1 aliphatic rings. The zero-order valence-electron chi connectivity index (χ0n) is 20.4. The van der Waals surface area contributed by atoms with Gasteiger partial charge in [-0.15, -0.1) is 0 Å². The Hall–Kier alpha value is -3.74. The number of ether oxygens (including phenoxy) is 1. The molecule has 2 heterocycles. The molecule has 1 amide bonds. The molecule has 4 aromatic rings. The fourth-order valence-corrected chi connectivity index (χ4v) is 5.57. The van der Waals surface area contributed by atoms with Crippen LogP contribution in [0.25, 0.3) is 16.7 Å². The van der Waals surface area contributed by atoms with E-state index in [1.54, 1.807) is 0 Å².